The van der Waals surface area contributed by atoms with E-state index in [1.165, 1.54) is 0 Å². The minimum absolute atomic E-state index is 0.135. The molecule has 0 heterocycles. The Bertz CT molecular complexity index is 874. The van der Waals surface area contributed by atoms with Gasteiger partial charge in [0.2, 0.25) is 11.8 Å². The van der Waals surface area contributed by atoms with E-state index >= 15 is 0 Å². The number of aryl methyl sites for hydroxylation is 3. The monoisotopic (exact) mass is 410 g/mol. The van der Waals surface area contributed by atoms with Gasteiger partial charge in [-0.15, -0.1) is 0 Å². The Hall–Kier alpha value is -3.35. The predicted molar refractivity (Wildman–Crippen MR) is 118 cm³/mol. The zero-order chi connectivity index (χ0) is 22.1. The molecule has 0 unspecified atom stereocenters. The molecule has 0 aliphatic carbocycles. The van der Waals surface area contributed by atoms with Crippen molar-refractivity contribution < 1.29 is 14.4 Å². The lowest BCUT2D eigenvalue weighted by Gasteiger charge is -2.21. The van der Waals surface area contributed by atoms with Gasteiger partial charge >= 0.3 is 6.03 Å². The third-order valence-corrected chi connectivity index (χ3v) is 4.70. The molecule has 0 fully saturated rings. The summed E-state index contributed by atoms with van der Waals surface area (Å²) in [4.78, 5) is 38.2. The molecule has 7 nitrogen and oxygen atoms in total. The van der Waals surface area contributed by atoms with Crippen LogP contribution in [-0.4, -0.2) is 42.4 Å². The normalized spacial score (nSPS) is 10.3. The summed E-state index contributed by atoms with van der Waals surface area (Å²) in [7, 11) is 0. The predicted octanol–water partition coefficient (Wildman–Crippen LogP) is 2.90. The van der Waals surface area contributed by atoms with E-state index in [0.717, 1.165) is 27.9 Å². The molecule has 2 rings (SSSR count). The lowest BCUT2D eigenvalue weighted by atomic mass is 10.1. The first kappa shape index (κ1) is 22.9. The van der Waals surface area contributed by atoms with Gasteiger partial charge in [0.25, 0.3) is 0 Å². The van der Waals surface area contributed by atoms with E-state index in [1.54, 1.807) is 4.90 Å². The summed E-state index contributed by atoms with van der Waals surface area (Å²) in [5.41, 5.74) is 4.83. The number of carbonyl (C=O) groups excluding carboxylic acids is 3. The number of hydrogen-bond acceptors (Lipinski definition) is 3. The maximum atomic E-state index is 12.4. The average molecular weight is 411 g/mol. The summed E-state index contributed by atoms with van der Waals surface area (Å²) in [6.45, 7) is 8.44. The molecule has 0 saturated carbocycles. The van der Waals surface area contributed by atoms with Crippen molar-refractivity contribution in [2.75, 3.05) is 25.0 Å². The second-order valence-electron chi connectivity index (χ2n) is 7.25. The van der Waals surface area contributed by atoms with Crippen LogP contribution in [0.4, 0.5) is 10.5 Å². The third-order valence-electron chi connectivity index (χ3n) is 4.70. The molecule has 2 aromatic carbocycles. The van der Waals surface area contributed by atoms with Gasteiger partial charge in [0.15, 0.2) is 0 Å². The van der Waals surface area contributed by atoms with E-state index < -0.39 is 6.03 Å². The van der Waals surface area contributed by atoms with Crippen LogP contribution in [0.25, 0.3) is 0 Å². The van der Waals surface area contributed by atoms with Crippen LogP contribution >= 0.6 is 0 Å². The fourth-order valence-electron chi connectivity index (χ4n) is 3.23. The minimum atomic E-state index is -0.563. The van der Waals surface area contributed by atoms with Gasteiger partial charge in [-0.05, 0) is 44.4 Å². The number of benzene rings is 2. The number of likely N-dealkylation sites (N-methyl/N-ethyl adjacent to an activating group) is 1. The van der Waals surface area contributed by atoms with Gasteiger partial charge in [0.05, 0.1) is 13.1 Å². The van der Waals surface area contributed by atoms with Crippen molar-refractivity contribution in [2.45, 2.75) is 34.2 Å². The molecule has 0 aliphatic rings. The highest BCUT2D eigenvalue weighted by Crippen LogP contribution is 2.21. The standard InChI is InChI=1S/C23H30N4O3/c1-5-27(15-19-9-7-6-8-10-19)21(29)14-25-23(30)24-13-20(28)26-22-17(3)11-16(2)12-18(22)4/h6-12H,5,13-15H2,1-4H3,(H,26,28)(H2,24,25,30). The number of rotatable bonds is 8. The second kappa shape index (κ2) is 11.0. The zero-order valence-corrected chi connectivity index (χ0v) is 18.0. The summed E-state index contributed by atoms with van der Waals surface area (Å²) in [6, 6.07) is 13.1. The largest absolute Gasteiger partial charge is 0.337 e. The maximum absolute atomic E-state index is 12.4. The Labute approximate surface area is 177 Å². The molecular formula is C23H30N4O3. The molecule has 160 valence electrons. The molecular weight excluding hydrogens is 380 g/mol. The van der Waals surface area contributed by atoms with Crippen LogP contribution in [0, 0.1) is 20.8 Å². The number of nitrogens with zero attached hydrogens (tertiary/aromatic N) is 1. The van der Waals surface area contributed by atoms with Gasteiger partial charge in [0, 0.05) is 18.8 Å². The number of hydrogen-bond donors (Lipinski definition) is 3. The van der Waals surface area contributed by atoms with Gasteiger partial charge in [-0.3, -0.25) is 9.59 Å². The van der Waals surface area contributed by atoms with Crippen LogP contribution in [0.5, 0.6) is 0 Å². The topological polar surface area (TPSA) is 90.5 Å². The van der Waals surface area contributed by atoms with Crippen molar-refractivity contribution in [1.82, 2.24) is 15.5 Å². The second-order valence-corrected chi connectivity index (χ2v) is 7.25. The Morgan fingerprint density at radius 1 is 0.900 bits per heavy atom. The fourth-order valence-corrected chi connectivity index (χ4v) is 3.23. The molecule has 0 bridgehead atoms. The smallest absolute Gasteiger partial charge is 0.315 e. The lowest BCUT2D eigenvalue weighted by molar-refractivity contribution is -0.130. The fraction of sp³-hybridized carbons (Fsp3) is 0.348. The zero-order valence-electron chi connectivity index (χ0n) is 18.0. The summed E-state index contributed by atoms with van der Waals surface area (Å²) >= 11 is 0. The van der Waals surface area contributed by atoms with E-state index in [2.05, 4.69) is 16.0 Å². The molecule has 7 heteroatoms. The summed E-state index contributed by atoms with van der Waals surface area (Å²) in [5.74, 6) is -0.516. The Morgan fingerprint density at radius 3 is 2.10 bits per heavy atom. The molecule has 0 spiro atoms. The third kappa shape index (κ3) is 6.92. The van der Waals surface area contributed by atoms with Gasteiger partial charge in [0.1, 0.15) is 0 Å². The van der Waals surface area contributed by atoms with Crippen LogP contribution in [-0.2, 0) is 16.1 Å². The molecule has 3 N–H and O–H groups in total. The molecule has 0 aromatic heterocycles. The number of anilines is 1. The first-order valence-corrected chi connectivity index (χ1v) is 10.0. The number of carbonyl (C=O) groups is 3. The summed E-state index contributed by atoms with van der Waals surface area (Å²) in [5, 5.41) is 7.82. The highest BCUT2D eigenvalue weighted by molar-refractivity contribution is 5.96. The van der Waals surface area contributed by atoms with Gasteiger partial charge in [-0.25, -0.2) is 4.79 Å². The van der Waals surface area contributed by atoms with Crippen molar-refractivity contribution in [3.8, 4) is 0 Å². The van der Waals surface area contributed by atoms with Crippen molar-refractivity contribution >= 4 is 23.5 Å². The maximum Gasteiger partial charge on any atom is 0.315 e. The van der Waals surface area contributed by atoms with E-state index in [0.29, 0.717) is 13.1 Å². The number of nitrogens with one attached hydrogen (secondary N) is 3. The first-order valence-electron chi connectivity index (χ1n) is 10.0. The SMILES string of the molecule is CCN(Cc1ccccc1)C(=O)CNC(=O)NCC(=O)Nc1c(C)cc(C)cc1C. The van der Waals surface area contributed by atoms with Crippen LogP contribution in [0.15, 0.2) is 42.5 Å². The van der Waals surface area contributed by atoms with Crippen molar-refractivity contribution in [2.24, 2.45) is 0 Å². The van der Waals surface area contributed by atoms with Crippen molar-refractivity contribution in [3.63, 3.8) is 0 Å². The van der Waals surface area contributed by atoms with Gasteiger partial charge < -0.3 is 20.9 Å². The summed E-state index contributed by atoms with van der Waals surface area (Å²) < 4.78 is 0. The van der Waals surface area contributed by atoms with Crippen molar-refractivity contribution in [3.05, 3.63) is 64.7 Å². The number of urea groups is 1. The average Bonchev–Trinajstić information content (AvgIpc) is 2.72. The Balaban J connectivity index is 1.77. The quantitative estimate of drug-likeness (QED) is 0.625. The molecule has 4 amide bonds. The molecule has 0 aliphatic heterocycles. The van der Waals surface area contributed by atoms with Crippen LogP contribution < -0.4 is 16.0 Å². The molecule has 0 radical (unpaired) electrons. The molecule has 0 atom stereocenters. The Morgan fingerprint density at radius 2 is 1.50 bits per heavy atom. The van der Waals surface area contributed by atoms with E-state index in [4.69, 9.17) is 0 Å². The van der Waals surface area contributed by atoms with Gasteiger partial charge in [-0.2, -0.15) is 0 Å². The highest BCUT2D eigenvalue weighted by atomic mass is 16.2. The van der Waals surface area contributed by atoms with Crippen LogP contribution in [0.1, 0.15) is 29.2 Å². The first-order chi connectivity index (χ1) is 14.3. The molecule has 0 saturated heterocycles. The van der Waals surface area contributed by atoms with E-state index in [9.17, 15) is 14.4 Å². The number of amides is 4. The summed E-state index contributed by atoms with van der Waals surface area (Å²) in [6.07, 6.45) is 0. The molecule has 2 aromatic rings. The minimum Gasteiger partial charge on any atom is -0.337 e. The Kier molecular flexibility index (Phi) is 8.41. The highest BCUT2D eigenvalue weighted by Gasteiger charge is 2.14. The van der Waals surface area contributed by atoms with Crippen LogP contribution in [0.2, 0.25) is 0 Å². The van der Waals surface area contributed by atoms with E-state index in [-0.39, 0.29) is 24.9 Å². The van der Waals surface area contributed by atoms with Crippen molar-refractivity contribution in [1.29, 1.82) is 0 Å². The molecule has 30 heavy (non-hydrogen) atoms. The van der Waals surface area contributed by atoms with Gasteiger partial charge in [-0.1, -0.05) is 48.0 Å². The van der Waals surface area contributed by atoms with E-state index in [1.807, 2.05) is 70.2 Å². The lowest BCUT2D eigenvalue weighted by Crippen LogP contribution is -2.45. The van der Waals surface area contributed by atoms with Crippen LogP contribution in [0.3, 0.4) is 0 Å².